The van der Waals surface area contributed by atoms with Crippen LogP contribution < -0.4 is 5.32 Å². The quantitative estimate of drug-likeness (QED) is 0.0329. The highest BCUT2D eigenvalue weighted by Gasteiger charge is 2.24. The Morgan fingerprint density at radius 2 is 1.00 bits per heavy atom. The first kappa shape index (κ1) is 51.8. The number of hydrogen-bond acceptors (Lipinski definition) is 5. The molecule has 3 atom stereocenters. The maximum atomic E-state index is 13.1. The number of amides is 1. The Kier molecular flexibility index (Phi) is 40.3. The molecule has 6 nitrogen and oxygen atoms in total. The molecule has 0 heterocycles. The van der Waals surface area contributed by atoms with Crippen molar-refractivity contribution in [2.45, 2.75) is 238 Å². The van der Waals surface area contributed by atoms with Crippen LogP contribution in [0.15, 0.2) is 48.6 Å². The predicted molar refractivity (Wildman–Crippen MR) is 232 cm³/mol. The van der Waals surface area contributed by atoms with E-state index in [-0.39, 0.29) is 24.9 Å². The van der Waals surface area contributed by atoms with Crippen LogP contribution in [0.25, 0.3) is 0 Å². The van der Waals surface area contributed by atoms with Crippen molar-refractivity contribution in [2.75, 3.05) is 6.61 Å². The zero-order chi connectivity index (χ0) is 39.6. The number of rotatable bonds is 40. The van der Waals surface area contributed by atoms with Crippen LogP contribution in [-0.2, 0) is 14.3 Å². The van der Waals surface area contributed by atoms with Gasteiger partial charge in [-0.15, -0.1) is 0 Å². The number of hydrogen-bond donors (Lipinski definition) is 3. The SMILES string of the molecule is CC/C=C/C=C/C=C\C=C/CCCC(CC(=O)NC(CO)C(O)CCCCCCCCCCCCCCCCC)OC(=O)CCCCCCCCCCC. The Morgan fingerprint density at radius 3 is 1.48 bits per heavy atom. The number of aliphatic hydroxyl groups excluding tert-OH is 2. The third-order valence-corrected chi connectivity index (χ3v) is 10.3. The fraction of sp³-hybridized carbons (Fsp3) is 0.792. The van der Waals surface area contributed by atoms with Gasteiger partial charge >= 0.3 is 5.97 Å². The third kappa shape index (κ3) is 36.8. The van der Waals surface area contributed by atoms with Crippen molar-refractivity contribution in [3.63, 3.8) is 0 Å². The van der Waals surface area contributed by atoms with Gasteiger partial charge in [-0.3, -0.25) is 9.59 Å². The maximum Gasteiger partial charge on any atom is 0.306 e. The van der Waals surface area contributed by atoms with E-state index in [0.29, 0.717) is 19.3 Å². The molecule has 0 bridgehead atoms. The summed E-state index contributed by atoms with van der Waals surface area (Å²) in [6, 6.07) is -0.719. The van der Waals surface area contributed by atoms with Gasteiger partial charge in [0, 0.05) is 6.42 Å². The number of aliphatic hydroxyl groups is 2. The highest BCUT2D eigenvalue weighted by molar-refractivity contribution is 5.77. The zero-order valence-corrected chi connectivity index (χ0v) is 35.6. The molecule has 0 radical (unpaired) electrons. The molecular formula is C48H87NO5. The summed E-state index contributed by atoms with van der Waals surface area (Å²) in [7, 11) is 0. The molecule has 54 heavy (non-hydrogen) atoms. The van der Waals surface area contributed by atoms with Crippen LogP contribution in [0, 0.1) is 0 Å². The largest absolute Gasteiger partial charge is 0.462 e. The first-order valence-electron chi connectivity index (χ1n) is 22.9. The monoisotopic (exact) mass is 758 g/mol. The summed E-state index contributed by atoms with van der Waals surface area (Å²) >= 11 is 0. The normalized spacial score (nSPS) is 13.8. The maximum absolute atomic E-state index is 13.1. The van der Waals surface area contributed by atoms with E-state index in [1.807, 2.05) is 36.5 Å². The molecule has 0 aromatic carbocycles. The van der Waals surface area contributed by atoms with E-state index in [9.17, 15) is 19.8 Å². The first-order valence-corrected chi connectivity index (χ1v) is 22.9. The van der Waals surface area contributed by atoms with Gasteiger partial charge in [0.25, 0.3) is 0 Å². The fourth-order valence-electron chi connectivity index (χ4n) is 6.80. The second-order valence-electron chi connectivity index (χ2n) is 15.5. The van der Waals surface area contributed by atoms with E-state index < -0.39 is 18.2 Å². The molecule has 0 fully saturated rings. The van der Waals surface area contributed by atoms with E-state index in [2.05, 4.69) is 38.2 Å². The van der Waals surface area contributed by atoms with E-state index in [1.54, 1.807) is 0 Å². The van der Waals surface area contributed by atoms with E-state index >= 15 is 0 Å². The molecule has 0 aromatic heterocycles. The topological polar surface area (TPSA) is 95.9 Å². The highest BCUT2D eigenvalue weighted by atomic mass is 16.5. The van der Waals surface area contributed by atoms with Crippen molar-refractivity contribution >= 4 is 11.9 Å². The molecule has 0 aliphatic carbocycles. The van der Waals surface area contributed by atoms with Crippen molar-refractivity contribution < 1.29 is 24.5 Å². The second-order valence-corrected chi connectivity index (χ2v) is 15.5. The average molecular weight is 758 g/mol. The Morgan fingerprint density at radius 1 is 0.556 bits per heavy atom. The summed E-state index contributed by atoms with van der Waals surface area (Å²) < 4.78 is 5.84. The molecule has 6 heteroatoms. The van der Waals surface area contributed by atoms with E-state index in [1.165, 1.54) is 116 Å². The number of esters is 1. The number of ether oxygens (including phenoxy) is 1. The van der Waals surface area contributed by atoms with Gasteiger partial charge in [-0.25, -0.2) is 0 Å². The van der Waals surface area contributed by atoms with Gasteiger partial charge in [0.15, 0.2) is 0 Å². The van der Waals surface area contributed by atoms with Crippen LogP contribution in [0.5, 0.6) is 0 Å². The number of allylic oxidation sites excluding steroid dienone is 8. The number of carbonyl (C=O) groups excluding carboxylic acids is 2. The lowest BCUT2D eigenvalue weighted by Crippen LogP contribution is -2.46. The van der Waals surface area contributed by atoms with E-state index in [4.69, 9.17) is 4.74 Å². The molecule has 3 N–H and O–H groups in total. The van der Waals surface area contributed by atoms with Gasteiger partial charge in [-0.1, -0.05) is 217 Å². The zero-order valence-electron chi connectivity index (χ0n) is 35.6. The van der Waals surface area contributed by atoms with Gasteiger partial charge in [-0.2, -0.15) is 0 Å². The van der Waals surface area contributed by atoms with Crippen LogP contribution in [0.2, 0.25) is 0 Å². The summed E-state index contributed by atoms with van der Waals surface area (Å²) in [5.41, 5.74) is 0. The van der Waals surface area contributed by atoms with Crippen LogP contribution >= 0.6 is 0 Å². The molecule has 0 aromatic rings. The van der Waals surface area contributed by atoms with Gasteiger partial charge in [-0.05, 0) is 38.5 Å². The lowest BCUT2D eigenvalue weighted by atomic mass is 10.0. The van der Waals surface area contributed by atoms with Crippen molar-refractivity contribution in [3.8, 4) is 0 Å². The summed E-state index contributed by atoms with van der Waals surface area (Å²) in [4.78, 5) is 25.9. The molecular weight excluding hydrogens is 671 g/mol. The van der Waals surface area contributed by atoms with Crippen LogP contribution in [0.1, 0.15) is 220 Å². The molecule has 0 aliphatic rings. The summed E-state index contributed by atoms with van der Waals surface area (Å²) in [6.07, 6.45) is 49.0. The van der Waals surface area contributed by atoms with Gasteiger partial charge < -0.3 is 20.3 Å². The van der Waals surface area contributed by atoms with Crippen molar-refractivity contribution in [1.29, 1.82) is 0 Å². The Labute approximate surface area is 334 Å². The summed E-state index contributed by atoms with van der Waals surface area (Å²) in [5, 5.41) is 23.6. The predicted octanol–water partition coefficient (Wildman–Crippen LogP) is 13.1. The van der Waals surface area contributed by atoms with Crippen LogP contribution in [0.4, 0.5) is 0 Å². The second kappa shape index (κ2) is 42.0. The minimum absolute atomic E-state index is 0.0331. The average Bonchev–Trinajstić information content (AvgIpc) is 3.16. The molecule has 3 unspecified atom stereocenters. The van der Waals surface area contributed by atoms with Crippen molar-refractivity contribution in [1.82, 2.24) is 5.32 Å². The van der Waals surface area contributed by atoms with E-state index in [0.717, 1.165) is 57.8 Å². The van der Waals surface area contributed by atoms with Crippen molar-refractivity contribution in [3.05, 3.63) is 48.6 Å². The molecule has 0 aliphatic heterocycles. The number of carbonyl (C=O) groups is 2. The lowest BCUT2D eigenvalue weighted by Gasteiger charge is -2.24. The summed E-state index contributed by atoms with van der Waals surface area (Å²) in [6.45, 7) is 6.29. The highest BCUT2D eigenvalue weighted by Crippen LogP contribution is 2.17. The van der Waals surface area contributed by atoms with Crippen molar-refractivity contribution in [2.24, 2.45) is 0 Å². The molecule has 0 spiro atoms. The van der Waals surface area contributed by atoms with Gasteiger partial charge in [0.2, 0.25) is 5.91 Å². The third-order valence-electron chi connectivity index (χ3n) is 10.3. The smallest absolute Gasteiger partial charge is 0.306 e. The Bertz CT molecular complexity index is 941. The van der Waals surface area contributed by atoms with Crippen LogP contribution in [0.3, 0.4) is 0 Å². The molecule has 314 valence electrons. The van der Waals surface area contributed by atoms with Crippen LogP contribution in [-0.4, -0.2) is 46.9 Å². The molecule has 0 saturated heterocycles. The minimum Gasteiger partial charge on any atom is -0.462 e. The Hall–Kier alpha value is -2.18. The molecule has 0 saturated carbocycles. The van der Waals surface area contributed by atoms with Gasteiger partial charge in [0.1, 0.15) is 6.10 Å². The summed E-state index contributed by atoms with van der Waals surface area (Å²) in [5.74, 6) is -0.544. The molecule has 1 amide bonds. The number of nitrogens with one attached hydrogen (secondary N) is 1. The standard InChI is InChI=1S/C48H87NO5/c1-4-7-10-13-16-19-21-22-23-24-26-29-31-34-37-40-46(51)45(43-50)49-47(52)42-44(39-36-33-30-28-25-20-17-14-11-8-5-2)54-48(53)41-38-35-32-27-18-15-12-9-6-3/h8,11,14,17,20,25,28,30,44-46,50-51H,4-7,9-10,12-13,15-16,18-19,21-24,26-27,29,31-43H2,1-3H3,(H,49,52)/b11-8+,17-14+,25-20-,30-28-. The minimum atomic E-state index is -0.802. The molecule has 0 rings (SSSR count). The lowest BCUT2D eigenvalue weighted by molar-refractivity contribution is -0.151. The van der Waals surface area contributed by atoms with Gasteiger partial charge in [0.05, 0.1) is 25.2 Å². The fourth-order valence-corrected chi connectivity index (χ4v) is 6.80. The number of unbranched alkanes of at least 4 members (excludes halogenated alkanes) is 23. The first-order chi connectivity index (χ1) is 26.5. The Balaban J connectivity index is 4.58.